The maximum atomic E-state index is 13.9. The van der Waals surface area contributed by atoms with Gasteiger partial charge in [0.2, 0.25) is 0 Å². The molecule has 3 aromatic rings. The van der Waals surface area contributed by atoms with Crippen molar-refractivity contribution < 1.29 is 8.78 Å². The molecule has 0 aliphatic rings. The zero-order valence-electron chi connectivity index (χ0n) is 10.6. The topological polar surface area (TPSA) is 12.0 Å². The molecule has 0 spiro atoms. The number of hydrogen-bond donors (Lipinski definition) is 1. The molecule has 2 heterocycles. The summed E-state index contributed by atoms with van der Waals surface area (Å²) in [7, 11) is 0. The largest absolute Gasteiger partial charge is 0.368 e. The molecule has 0 saturated carbocycles. The van der Waals surface area contributed by atoms with Crippen molar-refractivity contribution in [3.8, 4) is 0 Å². The SMILES string of the molecule is Fc1cccc(F)c1NC(c1cccs1)c1ccc(Cl)s1. The third-order valence-corrected chi connectivity index (χ3v) is 5.19. The van der Waals surface area contributed by atoms with E-state index in [1.54, 1.807) is 6.07 Å². The zero-order valence-corrected chi connectivity index (χ0v) is 13.0. The van der Waals surface area contributed by atoms with Gasteiger partial charge in [0.15, 0.2) is 0 Å². The van der Waals surface area contributed by atoms with Gasteiger partial charge in [0.05, 0.1) is 10.4 Å². The van der Waals surface area contributed by atoms with Crippen LogP contribution in [0.25, 0.3) is 0 Å². The van der Waals surface area contributed by atoms with Crippen LogP contribution in [0.15, 0.2) is 47.8 Å². The number of benzene rings is 1. The predicted molar refractivity (Wildman–Crippen MR) is 85.5 cm³/mol. The highest BCUT2D eigenvalue weighted by atomic mass is 35.5. The molecule has 1 nitrogen and oxygen atoms in total. The summed E-state index contributed by atoms with van der Waals surface area (Å²) in [4.78, 5) is 1.88. The first-order chi connectivity index (χ1) is 10.1. The van der Waals surface area contributed by atoms with Crippen molar-refractivity contribution in [2.45, 2.75) is 6.04 Å². The number of para-hydroxylation sites is 1. The molecule has 2 aromatic heterocycles. The Balaban J connectivity index is 2.01. The van der Waals surface area contributed by atoms with Crippen LogP contribution in [0, 0.1) is 11.6 Å². The highest BCUT2D eigenvalue weighted by molar-refractivity contribution is 7.16. The minimum absolute atomic E-state index is 0.125. The molecule has 0 aliphatic heterocycles. The fourth-order valence-corrected chi connectivity index (χ4v) is 4.00. The van der Waals surface area contributed by atoms with E-state index in [1.165, 1.54) is 40.9 Å². The first kappa shape index (κ1) is 14.5. The maximum Gasteiger partial charge on any atom is 0.149 e. The van der Waals surface area contributed by atoms with E-state index in [-0.39, 0.29) is 11.7 Å². The van der Waals surface area contributed by atoms with Crippen LogP contribution >= 0.6 is 34.3 Å². The van der Waals surface area contributed by atoms with Crippen molar-refractivity contribution in [3.63, 3.8) is 0 Å². The molecule has 0 aliphatic carbocycles. The van der Waals surface area contributed by atoms with Crippen LogP contribution in [0.1, 0.15) is 15.8 Å². The standard InChI is InChI=1S/C15H10ClF2NS2/c16-13-7-6-12(21-13)15(11-5-2-8-20-11)19-14-9(17)3-1-4-10(14)18/h1-8,15,19H. The van der Waals surface area contributed by atoms with Crippen LogP contribution in [0.5, 0.6) is 0 Å². The van der Waals surface area contributed by atoms with Gasteiger partial charge in [-0.25, -0.2) is 8.78 Å². The van der Waals surface area contributed by atoms with Crippen LogP contribution in [-0.4, -0.2) is 0 Å². The fraction of sp³-hybridized carbons (Fsp3) is 0.0667. The van der Waals surface area contributed by atoms with Gasteiger partial charge in [0.1, 0.15) is 17.3 Å². The monoisotopic (exact) mass is 341 g/mol. The maximum absolute atomic E-state index is 13.9. The van der Waals surface area contributed by atoms with Gasteiger partial charge >= 0.3 is 0 Å². The van der Waals surface area contributed by atoms with E-state index in [0.29, 0.717) is 4.34 Å². The molecular formula is C15H10ClF2NS2. The Labute approximate surface area is 133 Å². The molecule has 1 atom stereocenters. The van der Waals surface area contributed by atoms with Gasteiger partial charge in [-0.1, -0.05) is 23.7 Å². The van der Waals surface area contributed by atoms with Crippen molar-refractivity contribution in [1.82, 2.24) is 0 Å². The summed E-state index contributed by atoms with van der Waals surface area (Å²) in [5, 5.41) is 4.89. The zero-order chi connectivity index (χ0) is 14.8. The molecule has 6 heteroatoms. The number of rotatable bonds is 4. The normalized spacial score (nSPS) is 12.3. The molecule has 0 bridgehead atoms. The molecule has 21 heavy (non-hydrogen) atoms. The average Bonchev–Trinajstić information content (AvgIpc) is 3.10. The summed E-state index contributed by atoms with van der Waals surface area (Å²) < 4.78 is 28.3. The first-order valence-electron chi connectivity index (χ1n) is 6.14. The van der Waals surface area contributed by atoms with E-state index >= 15 is 0 Å². The van der Waals surface area contributed by atoms with Crippen LogP contribution in [-0.2, 0) is 0 Å². The molecule has 0 fully saturated rings. The minimum atomic E-state index is -0.612. The van der Waals surface area contributed by atoms with Crippen molar-refractivity contribution in [1.29, 1.82) is 0 Å². The molecule has 108 valence electrons. The smallest absolute Gasteiger partial charge is 0.149 e. The summed E-state index contributed by atoms with van der Waals surface area (Å²) in [5.74, 6) is -1.22. The lowest BCUT2D eigenvalue weighted by Gasteiger charge is -2.18. The lowest BCUT2D eigenvalue weighted by Crippen LogP contribution is -2.12. The summed E-state index contributed by atoms with van der Waals surface area (Å²) >= 11 is 8.89. The Hall–Kier alpha value is -1.43. The van der Waals surface area contributed by atoms with Crippen LogP contribution in [0.3, 0.4) is 0 Å². The Morgan fingerprint density at radius 1 is 0.952 bits per heavy atom. The van der Waals surface area contributed by atoms with Crippen LogP contribution < -0.4 is 5.32 Å². The Bertz CT molecular complexity index is 720. The van der Waals surface area contributed by atoms with E-state index in [0.717, 1.165) is 9.75 Å². The highest BCUT2D eigenvalue weighted by Crippen LogP contribution is 2.36. The third-order valence-electron chi connectivity index (χ3n) is 2.96. The van der Waals surface area contributed by atoms with E-state index in [2.05, 4.69) is 5.32 Å². The molecule has 0 amide bonds. The molecule has 0 radical (unpaired) electrons. The number of halogens is 3. The lowest BCUT2D eigenvalue weighted by molar-refractivity contribution is 0.586. The van der Waals surface area contributed by atoms with Gasteiger partial charge in [0.25, 0.3) is 0 Å². The Morgan fingerprint density at radius 2 is 1.71 bits per heavy atom. The van der Waals surface area contributed by atoms with Crippen molar-refractivity contribution in [2.75, 3.05) is 5.32 Å². The number of hydrogen-bond acceptors (Lipinski definition) is 3. The number of anilines is 1. The molecule has 1 N–H and O–H groups in total. The summed E-state index contributed by atoms with van der Waals surface area (Å²) in [6.45, 7) is 0. The summed E-state index contributed by atoms with van der Waals surface area (Å²) in [6, 6.07) is 11.0. The van der Waals surface area contributed by atoms with Crippen molar-refractivity contribution in [3.05, 3.63) is 73.6 Å². The average molecular weight is 342 g/mol. The molecule has 1 unspecified atom stereocenters. The van der Waals surface area contributed by atoms with Gasteiger partial charge in [0, 0.05) is 9.75 Å². The summed E-state index contributed by atoms with van der Waals surface area (Å²) in [6.07, 6.45) is 0. The molecular weight excluding hydrogens is 332 g/mol. The molecule has 1 aromatic carbocycles. The van der Waals surface area contributed by atoms with Gasteiger partial charge in [-0.3, -0.25) is 0 Å². The second-order valence-electron chi connectivity index (χ2n) is 4.33. The number of thiophene rings is 2. The van der Waals surface area contributed by atoms with Crippen molar-refractivity contribution in [2.24, 2.45) is 0 Å². The van der Waals surface area contributed by atoms with Gasteiger partial charge in [-0.2, -0.15) is 0 Å². The van der Waals surface area contributed by atoms with Gasteiger partial charge in [-0.05, 0) is 35.7 Å². The van der Waals surface area contributed by atoms with Crippen molar-refractivity contribution >= 4 is 40.0 Å². The van der Waals surface area contributed by atoms with Crippen LogP contribution in [0.4, 0.5) is 14.5 Å². The van der Waals surface area contributed by atoms with E-state index < -0.39 is 11.6 Å². The number of nitrogens with one attached hydrogen (secondary N) is 1. The van der Waals surface area contributed by atoms with E-state index in [1.807, 2.05) is 23.6 Å². The lowest BCUT2D eigenvalue weighted by atomic mass is 10.1. The van der Waals surface area contributed by atoms with E-state index in [4.69, 9.17) is 11.6 Å². The molecule has 3 rings (SSSR count). The van der Waals surface area contributed by atoms with Gasteiger partial charge in [-0.15, -0.1) is 22.7 Å². The highest BCUT2D eigenvalue weighted by Gasteiger charge is 2.20. The second-order valence-corrected chi connectivity index (χ2v) is 7.06. The molecule has 0 saturated heterocycles. The predicted octanol–water partition coefficient (Wildman–Crippen LogP) is 5.94. The summed E-state index contributed by atoms with van der Waals surface area (Å²) in [5.41, 5.74) is -0.125. The van der Waals surface area contributed by atoms with Crippen LogP contribution in [0.2, 0.25) is 4.34 Å². The second kappa shape index (κ2) is 6.13. The Kier molecular flexibility index (Phi) is 4.24. The van der Waals surface area contributed by atoms with Gasteiger partial charge < -0.3 is 5.32 Å². The van der Waals surface area contributed by atoms with E-state index in [9.17, 15) is 8.78 Å². The Morgan fingerprint density at radius 3 is 2.29 bits per heavy atom. The fourth-order valence-electron chi connectivity index (χ4n) is 2.00. The third kappa shape index (κ3) is 3.10. The minimum Gasteiger partial charge on any atom is -0.368 e. The quantitative estimate of drug-likeness (QED) is 0.619. The first-order valence-corrected chi connectivity index (χ1v) is 8.22.